The maximum absolute atomic E-state index is 13.4. The Kier molecular flexibility index (Phi) is 6.69. The van der Waals surface area contributed by atoms with E-state index in [-0.39, 0.29) is 19.1 Å². The summed E-state index contributed by atoms with van der Waals surface area (Å²) in [5, 5.41) is 6.13. The van der Waals surface area contributed by atoms with E-state index in [4.69, 9.17) is 26.8 Å². The molecule has 1 unspecified atom stereocenters. The molecule has 0 aliphatic carbocycles. The van der Waals surface area contributed by atoms with Gasteiger partial charge in [-0.3, -0.25) is 14.6 Å². The van der Waals surface area contributed by atoms with Crippen LogP contribution in [0, 0.1) is 5.41 Å². The standard InChI is InChI=1S/C23H24ClN5O5/c1-28-21(31)23(10-15-5-3-2-4-6-15)14-29(8-7-19(23)27-28)20(30)18(34-22(25)32)13-33-17-9-16(24)11-26-12-17/h2-6,9,11-12,18H,7-8,10,13-14H2,1H3,(H2,25,32)/t18?,23-/m1/s1. The predicted molar refractivity (Wildman–Crippen MR) is 123 cm³/mol. The molecule has 3 heterocycles. The lowest BCUT2D eigenvalue weighted by Gasteiger charge is -2.40. The van der Waals surface area contributed by atoms with Crippen molar-refractivity contribution in [3.8, 4) is 5.75 Å². The summed E-state index contributed by atoms with van der Waals surface area (Å²) in [7, 11) is 1.61. The monoisotopic (exact) mass is 485 g/mol. The fourth-order valence-corrected chi connectivity index (χ4v) is 4.52. The summed E-state index contributed by atoms with van der Waals surface area (Å²) in [6.45, 7) is 0.119. The molecule has 2 aliphatic heterocycles. The van der Waals surface area contributed by atoms with Crippen LogP contribution in [0.4, 0.5) is 4.79 Å². The Balaban J connectivity index is 1.55. The molecule has 0 spiro atoms. The third-order valence-electron chi connectivity index (χ3n) is 5.88. The van der Waals surface area contributed by atoms with Crippen LogP contribution in [0.2, 0.25) is 5.02 Å². The number of piperidine rings is 1. The normalized spacial score (nSPS) is 20.4. The van der Waals surface area contributed by atoms with Crippen molar-refractivity contribution < 1.29 is 23.9 Å². The molecule has 34 heavy (non-hydrogen) atoms. The molecule has 1 aromatic heterocycles. The maximum Gasteiger partial charge on any atom is 0.405 e. The van der Waals surface area contributed by atoms with E-state index >= 15 is 0 Å². The average molecular weight is 486 g/mol. The first-order valence-electron chi connectivity index (χ1n) is 10.7. The molecule has 11 heteroatoms. The van der Waals surface area contributed by atoms with E-state index in [0.29, 0.717) is 30.2 Å². The van der Waals surface area contributed by atoms with Gasteiger partial charge in [0.05, 0.1) is 16.9 Å². The van der Waals surface area contributed by atoms with Crippen molar-refractivity contribution in [3.63, 3.8) is 0 Å². The van der Waals surface area contributed by atoms with Gasteiger partial charge in [0, 0.05) is 38.8 Å². The number of amides is 3. The van der Waals surface area contributed by atoms with Crippen molar-refractivity contribution in [3.05, 3.63) is 59.4 Å². The lowest BCUT2D eigenvalue weighted by molar-refractivity contribution is -0.146. The van der Waals surface area contributed by atoms with E-state index in [0.717, 1.165) is 11.3 Å². The molecule has 178 valence electrons. The minimum absolute atomic E-state index is 0.0973. The van der Waals surface area contributed by atoms with Crippen LogP contribution in [0.1, 0.15) is 12.0 Å². The number of nitrogens with two attached hydrogens (primary N) is 1. The minimum Gasteiger partial charge on any atom is -0.487 e. The van der Waals surface area contributed by atoms with Crippen LogP contribution < -0.4 is 10.5 Å². The van der Waals surface area contributed by atoms with Gasteiger partial charge in [-0.1, -0.05) is 41.9 Å². The summed E-state index contributed by atoms with van der Waals surface area (Å²) in [5.41, 5.74) is 5.91. The van der Waals surface area contributed by atoms with Crippen LogP contribution in [0.5, 0.6) is 5.75 Å². The molecule has 1 saturated heterocycles. The number of carbonyl (C=O) groups excluding carboxylic acids is 3. The lowest BCUT2D eigenvalue weighted by Crippen LogP contribution is -2.58. The van der Waals surface area contributed by atoms with Gasteiger partial charge >= 0.3 is 6.09 Å². The predicted octanol–water partition coefficient (Wildman–Crippen LogP) is 1.87. The van der Waals surface area contributed by atoms with E-state index in [1.54, 1.807) is 7.05 Å². The first-order chi connectivity index (χ1) is 16.3. The number of carbonyl (C=O) groups is 3. The molecule has 10 nitrogen and oxygen atoms in total. The minimum atomic E-state index is -1.31. The number of pyridine rings is 1. The van der Waals surface area contributed by atoms with E-state index in [1.807, 2.05) is 30.3 Å². The van der Waals surface area contributed by atoms with Gasteiger partial charge in [0.25, 0.3) is 11.8 Å². The van der Waals surface area contributed by atoms with Crippen molar-refractivity contribution in [1.29, 1.82) is 0 Å². The highest BCUT2D eigenvalue weighted by atomic mass is 35.5. The molecule has 0 saturated carbocycles. The Morgan fingerprint density at radius 1 is 1.26 bits per heavy atom. The Bertz CT molecular complexity index is 1130. The number of likely N-dealkylation sites (tertiary alicyclic amines) is 1. The number of aromatic nitrogens is 1. The third kappa shape index (κ3) is 4.81. The van der Waals surface area contributed by atoms with Gasteiger partial charge in [-0.05, 0) is 12.0 Å². The molecule has 4 rings (SSSR count). The molecule has 1 fully saturated rings. The summed E-state index contributed by atoms with van der Waals surface area (Å²) < 4.78 is 10.7. The first kappa shape index (κ1) is 23.5. The summed E-state index contributed by atoms with van der Waals surface area (Å²) in [5.74, 6) is -0.389. The molecular weight excluding hydrogens is 462 g/mol. The maximum atomic E-state index is 13.4. The lowest BCUT2D eigenvalue weighted by atomic mass is 9.73. The molecule has 2 aromatic rings. The van der Waals surface area contributed by atoms with Crippen molar-refractivity contribution in [2.75, 3.05) is 26.7 Å². The summed E-state index contributed by atoms with van der Waals surface area (Å²) in [4.78, 5) is 43.6. The number of rotatable bonds is 7. The summed E-state index contributed by atoms with van der Waals surface area (Å²) in [6, 6.07) is 11.1. The van der Waals surface area contributed by atoms with Gasteiger partial charge in [0.2, 0.25) is 6.10 Å². The van der Waals surface area contributed by atoms with Crippen LogP contribution in [0.3, 0.4) is 0 Å². The van der Waals surface area contributed by atoms with Crippen LogP contribution in [-0.4, -0.2) is 71.4 Å². The number of benzene rings is 1. The smallest absolute Gasteiger partial charge is 0.405 e. The largest absolute Gasteiger partial charge is 0.487 e. The average Bonchev–Trinajstić information content (AvgIpc) is 3.06. The highest BCUT2D eigenvalue weighted by molar-refractivity contribution is 6.30. The Hall–Kier alpha value is -3.66. The topological polar surface area (TPSA) is 127 Å². The van der Waals surface area contributed by atoms with Crippen LogP contribution in [0.25, 0.3) is 0 Å². The number of ether oxygens (including phenoxy) is 2. The fraction of sp³-hybridized carbons (Fsp3) is 0.348. The number of hydrogen-bond donors (Lipinski definition) is 1. The summed E-state index contributed by atoms with van der Waals surface area (Å²) >= 11 is 5.92. The Morgan fingerprint density at radius 3 is 2.74 bits per heavy atom. The highest BCUT2D eigenvalue weighted by Gasteiger charge is 2.54. The van der Waals surface area contributed by atoms with Crippen molar-refractivity contribution in [2.45, 2.75) is 18.9 Å². The Morgan fingerprint density at radius 2 is 2.03 bits per heavy atom. The molecule has 0 radical (unpaired) electrons. The first-order valence-corrected chi connectivity index (χ1v) is 11.0. The molecule has 2 aliphatic rings. The fourth-order valence-electron chi connectivity index (χ4n) is 4.36. The van der Waals surface area contributed by atoms with Gasteiger partial charge in [-0.25, -0.2) is 9.80 Å². The number of halogens is 1. The number of hydrazone groups is 1. The highest BCUT2D eigenvalue weighted by Crippen LogP contribution is 2.38. The summed E-state index contributed by atoms with van der Waals surface area (Å²) in [6.07, 6.45) is 1.25. The van der Waals surface area contributed by atoms with E-state index in [9.17, 15) is 14.4 Å². The van der Waals surface area contributed by atoms with E-state index in [1.165, 1.54) is 28.4 Å². The van der Waals surface area contributed by atoms with Crippen molar-refractivity contribution in [2.24, 2.45) is 16.3 Å². The molecule has 3 amide bonds. The molecule has 1 aromatic carbocycles. The number of nitrogens with zero attached hydrogens (tertiary/aromatic N) is 4. The van der Waals surface area contributed by atoms with Gasteiger partial charge in [0.15, 0.2) is 0 Å². The van der Waals surface area contributed by atoms with Crippen LogP contribution >= 0.6 is 11.6 Å². The Labute approximate surface area is 201 Å². The van der Waals surface area contributed by atoms with Gasteiger partial charge < -0.3 is 20.1 Å². The quantitative estimate of drug-likeness (QED) is 0.637. The van der Waals surface area contributed by atoms with Crippen molar-refractivity contribution in [1.82, 2.24) is 14.9 Å². The van der Waals surface area contributed by atoms with Gasteiger partial charge in [-0.15, -0.1) is 0 Å². The molecule has 0 bridgehead atoms. The second-order valence-electron chi connectivity index (χ2n) is 8.21. The second-order valence-corrected chi connectivity index (χ2v) is 8.64. The SMILES string of the molecule is CN1N=C2CCN(C(=O)C(COc3cncc(Cl)c3)OC(N)=O)C[C@@]2(Cc2ccccc2)C1=O. The zero-order valence-corrected chi connectivity index (χ0v) is 19.3. The number of primary amides is 1. The van der Waals surface area contributed by atoms with Gasteiger partial charge in [0.1, 0.15) is 17.8 Å². The number of hydrogen-bond acceptors (Lipinski definition) is 7. The van der Waals surface area contributed by atoms with E-state index in [2.05, 4.69) is 10.1 Å². The van der Waals surface area contributed by atoms with Crippen molar-refractivity contribution >= 4 is 35.2 Å². The van der Waals surface area contributed by atoms with E-state index < -0.39 is 23.5 Å². The third-order valence-corrected chi connectivity index (χ3v) is 6.09. The van der Waals surface area contributed by atoms with Crippen LogP contribution in [-0.2, 0) is 20.7 Å². The zero-order chi connectivity index (χ0) is 24.3. The molecule has 2 atom stereocenters. The van der Waals surface area contributed by atoms with Gasteiger partial charge in [-0.2, -0.15) is 5.10 Å². The molecule has 2 N–H and O–H groups in total. The zero-order valence-electron chi connectivity index (χ0n) is 18.5. The molecular formula is C23H24ClN5O5. The van der Waals surface area contributed by atoms with Crippen LogP contribution in [0.15, 0.2) is 53.9 Å². The second kappa shape index (κ2) is 9.68. The number of fused-ring (bicyclic) bond motifs is 1.